The van der Waals surface area contributed by atoms with Gasteiger partial charge in [-0.25, -0.2) is 0 Å². The van der Waals surface area contributed by atoms with E-state index >= 15 is 0 Å². The first-order chi connectivity index (χ1) is 9.25. The van der Waals surface area contributed by atoms with Crippen LogP contribution in [0.1, 0.15) is 38.7 Å². The van der Waals surface area contributed by atoms with Gasteiger partial charge in [-0.1, -0.05) is 12.1 Å². The van der Waals surface area contributed by atoms with Crippen molar-refractivity contribution in [3.05, 3.63) is 29.8 Å². The topological polar surface area (TPSA) is 98.2 Å². The van der Waals surface area contributed by atoms with Crippen molar-refractivity contribution in [1.82, 2.24) is 5.32 Å². The number of carbonyl (C=O) groups is 2. The number of primary amides is 1. The fourth-order valence-electron chi connectivity index (χ4n) is 2.48. The van der Waals surface area contributed by atoms with Crippen molar-refractivity contribution in [2.45, 2.75) is 44.1 Å². The lowest BCUT2D eigenvalue weighted by Crippen LogP contribution is -2.49. The van der Waals surface area contributed by atoms with Gasteiger partial charge in [-0.15, -0.1) is 0 Å². The van der Waals surface area contributed by atoms with Crippen molar-refractivity contribution in [2.75, 3.05) is 5.73 Å². The maximum absolute atomic E-state index is 12.5. The Morgan fingerprint density at radius 2 is 1.80 bits per heavy atom. The van der Waals surface area contributed by atoms with Crippen molar-refractivity contribution in [3.8, 4) is 0 Å². The summed E-state index contributed by atoms with van der Waals surface area (Å²) in [6.07, 6.45) is 1.75. The molecule has 0 aromatic heterocycles. The fraction of sp³-hybridized carbons (Fsp3) is 0.467. The van der Waals surface area contributed by atoms with E-state index in [9.17, 15) is 9.59 Å². The van der Waals surface area contributed by atoms with Crippen molar-refractivity contribution in [3.63, 3.8) is 0 Å². The van der Waals surface area contributed by atoms with Crippen LogP contribution in [0.15, 0.2) is 24.3 Å². The predicted molar refractivity (Wildman–Crippen MR) is 77.8 cm³/mol. The van der Waals surface area contributed by atoms with Gasteiger partial charge in [0, 0.05) is 17.6 Å². The van der Waals surface area contributed by atoms with Crippen molar-refractivity contribution in [1.29, 1.82) is 0 Å². The van der Waals surface area contributed by atoms with E-state index in [-0.39, 0.29) is 12.3 Å². The zero-order valence-electron chi connectivity index (χ0n) is 11.9. The average Bonchev–Trinajstić information content (AvgIpc) is 3.08. The number of rotatable bonds is 5. The van der Waals surface area contributed by atoms with Crippen LogP contribution in [0.3, 0.4) is 0 Å². The molecule has 1 aromatic rings. The average molecular weight is 275 g/mol. The van der Waals surface area contributed by atoms with Gasteiger partial charge >= 0.3 is 0 Å². The van der Waals surface area contributed by atoms with E-state index in [2.05, 4.69) is 5.32 Å². The Kier molecular flexibility index (Phi) is 3.46. The van der Waals surface area contributed by atoms with Crippen LogP contribution in [0.4, 0.5) is 5.69 Å². The summed E-state index contributed by atoms with van der Waals surface area (Å²) in [5.41, 5.74) is 11.4. The number of carbonyl (C=O) groups excluding carboxylic acids is 2. The number of nitrogen functional groups attached to an aromatic ring is 1. The molecule has 0 atom stereocenters. The first kappa shape index (κ1) is 14.4. The highest BCUT2D eigenvalue weighted by Gasteiger charge is 2.52. The molecule has 5 heteroatoms. The van der Waals surface area contributed by atoms with Crippen LogP contribution in [-0.4, -0.2) is 17.4 Å². The van der Waals surface area contributed by atoms with Gasteiger partial charge in [0.2, 0.25) is 11.8 Å². The van der Waals surface area contributed by atoms with E-state index in [1.165, 1.54) is 0 Å². The zero-order valence-corrected chi connectivity index (χ0v) is 11.9. The van der Waals surface area contributed by atoms with Crippen LogP contribution in [0.2, 0.25) is 0 Å². The van der Waals surface area contributed by atoms with Gasteiger partial charge in [-0.3, -0.25) is 9.59 Å². The highest BCUT2D eigenvalue weighted by molar-refractivity contribution is 5.92. The number of nitrogens with one attached hydrogen (secondary N) is 1. The van der Waals surface area contributed by atoms with Gasteiger partial charge in [0.15, 0.2) is 0 Å². The lowest BCUT2D eigenvalue weighted by Gasteiger charge is -2.28. The van der Waals surface area contributed by atoms with Crippen LogP contribution < -0.4 is 16.8 Å². The first-order valence-electron chi connectivity index (χ1n) is 6.72. The van der Waals surface area contributed by atoms with Crippen LogP contribution in [0, 0.1) is 0 Å². The molecular formula is C15H21N3O2. The predicted octanol–water partition coefficient (Wildman–Crippen LogP) is 1.07. The van der Waals surface area contributed by atoms with Crippen LogP contribution >= 0.6 is 0 Å². The minimum absolute atomic E-state index is 0.0477. The minimum atomic E-state index is -0.633. The van der Waals surface area contributed by atoms with Gasteiger partial charge in [0.1, 0.15) is 0 Å². The molecule has 2 rings (SSSR count). The maximum Gasteiger partial charge on any atom is 0.231 e. The Morgan fingerprint density at radius 1 is 1.25 bits per heavy atom. The van der Waals surface area contributed by atoms with Gasteiger partial charge in [0.05, 0.1) is 5.41 Å². The summed E-state index contributed by atoms with van der Waals surface area (Å²) >= 11 is 0. The Hall–Kier alpha value is -2.04. The molecule has 1 fully saturated rings. The Labute approximate surface area is 118 Å². The molecule has 1 saturated carbocycles. The quantitative estimate of drug-likeness (QED) is 0.701. The van der Waals surface area contributed by atoms with Crippen LogP contribution in [-0.2, 0) is 15.0 Å². The summed E-state index contributed by atoms with van der Waals surface area (Å²) in [4.78, 5) is 23.5. The molecule has 0 aliphatic heterocycles. The highest BCUT2D eigenvalue weighted by Crippen LogP contribution is 2.48. The Balaban J connectivity index is 2.13. The van der Waals surface area contributed by atoms with E-state index in [1.54, 1.807) is 26.0 Å². The molecule has 1 aromatic carbocycles. The Bertz CT molecular complexity index is 531. The molecule has 0 saturated heterocycles. The molecule has 20 heavy (non-hydrogen) atoms. The molecule has 5 N–H and O–H groups in total. The second-order valence-corrected chi connectivity index (χ2v) is 6.19. The smallest absolute Gasteiger partial charge is 0.231 e. The van der Waals surface area contributed by atoms with Crippen molar-refractivity contribution in [2.24, 2.45) is 5.73 Å². The molecule has 108 valence electrons. The number of hydrogen-bond donors (Lipinski definition) is 3. The van der Waals surface area contributed by atoms with Crippen molar-refractivity contribution < 1.29 is 9.59 Å². The SMILES string of the molecule is CC(C)(CC(N)=O)NC(=O)C1(c2ccc(N)cc2)CC1. The standard InChI is InChI=1S/C15H21N3O2/c1-14(2,9-12(17)19)18-13(20)15(7-8-15)10-3-5-11(16)6-4-10/h3-6H,7-9,16H2,1-2H3,(H2,17,19)(H,18,20). The molecule has 1 aliphatic carbocycles. The van der Waals surface area contributed by atoms with Crippen LogP contribution in [0.25, 0.3) is 0 Å². The van der Waals surface area contributed by atoms with Gasteiger partial charge in [0.25, 0.3) is 0 Å². The minimum Gasteiger partial charge on any atom is -0.399 e. The van der Waals surface area contributed by atoms with Gasteiger partial charge in [-0.05, 0) is 44.4 Å². The second kappa shape index (κ2) is 4.81. The Morgan fingerprint density at radius 3 is 2.25 bits per heavy atom. The summed E-state index contributed by atoms with van der Waals surface area (Å²) in [6, 6.07) is 7.39. The molecule has 0 unspecified atom stereocenters. The van der Waals surface area contributed by atoms with Crippen molar-refractivity contribution >= 4 is 17.5 Å². The molecule has 0 bridgehead atoms. The molecule has 0 heterocycles. The van der Waals surface area contributed by atoms with E-state index in [0.29, 0.717) is 5.69 Å². The molecule has 5 nitrogen and oxygen atoms in total. The third-order valence-corrected chi connectivity index (χ3v) is 3.72. The van der Waals surface area contributed by atoms with E-state index in [0.717, 1.165) is 18.4 Å². The number of benzene rings is 1. The third kappa shape index (κ3) is 2.92. The maximum atomic E-state index is 12.5. The number of anilines is 1. The molecule has 0 radical (unpaired) electrons. The first-order valence-corrected chi connectivity index (χ1v) is 6.72. The largest absolute Gasteiger partial charge is 0.399 e. The second-order valence-electron chi connectivity index (χ2n) is 6.19. The zero-order chi connectivity index (χ0) is 15.0. The monoisotopic (exact) mass is 275 g/mol. The lowest BCUT2D eigenvalue weighted by molar-refractivity contribution is -0.126. The number of nitrogens with two attached hydrogens (primary N) is 2. The third-order valence-electron chi connectivity index (χ3n) is 3.72. The molecule has 0 spiro atoms. The summed E-state index contributed by atoms with van der Waals surface area (Å²) in [7, 11) is 0. The molecule has 1 aliphatic rings. The van der Waals surface area contributed by atoms with Crippen LogP contribution in [0.5, 0.6) is 0 Å². The van der Waals surface area contributed by atoms with Gasteiger partial charge < -0.3 is 16.8 Å². The summed E-state index contributed by atoms with van der Waals surface area (Å²) in [5.74, 6) is -0.471. The molecule has 2 amide bonds. The van der Waals surface area contributed by atoms with E-state index in [1.807, 2.05) is 12.1 Å². The number of amides is 2. The summed E-state index contributed by atoms with van der Waals surface area (Å²) in [6.45, 7) is 3.60. The molecular weight excluding hydrogens is 254 g/mol. The highest BCUT2D eigenvalue weighted by atomic mass is 16.2. The summed E-state index contributed by atoms with van der Waals surface area (Å²) in [5, 5.41) is 2.93. The number of hydrogen-bond acceptors (Lipinski definition) is 3. The summed E-state index contributed by atoms with van der Waals surface area (Å²) < 4.78 is 0. The fourth-order valence-corrected chi connectivity index (χ4v) is 2.48. The van der Waals surface area contributed by atoms with E-state index in [4.69, 9.17) is 11.5 Å². The van der Waals surface area contributed by atoms with E-state index < -0.39 is 16.9 Å². The lowest BCUT2D eigenvalue weighted by atomic mass is 9.92. The van der Waals surface area contributed by atoms with Gasteiger partial charge in [-0.2, -0.15) is 0 Å². The normalized spacial score (nSPS) is 16.5.